The van der Waals surface area contributed by atoms with Gasteiger partial charge in [-0.05, 0) is 13.3 Å². The third-order valence-electron chi connectivity index (χ3n) is 1.83. The number of hydrogen-bond acceptors (Lipinski definition) is 3. The topological polar surface area (TPSA) is 49.8 Å². The molecular weight excluding hydrogens is 170 g/mol. The maximum atomic E-state index is 11.3. The maximum absolute atomic E-state index is 11.3. The Kier molecular flexibility index (Phi) is 6.54. The molecule has 0 bridgehead atoms. The van der Waals surface area contributed by atoms with Crippen molar-refractivity contribution in [3.8, 4) is 0 Å². The van der Waals surface area contributed by atoms with Crippen molar-refractivity contribution in [2.45, 2.75) is 25.9 Å². The molecule has 0 rings (SSSR count). The van der Waals surface area contributed by atoms with Crippen molar-refractivity contribution in [1.29, 1.82) is 0 Å². The van der Waals surface area contributed by atoms with Crippen LogP contribution in [0.15, 0.2) is 0 Å². The first-order valence-electron chi connectivity index (χ1n) is 4.49. The Morgan fingerprint density at radius 3 is 2.69 bits per heavy atom. The summed E-state index contributed by atoms with van der Waals surface area (Å²) >= 11 is 0. The predicted molar refractivity (Wildman–Crippen MR) is 50.4 cm³/mol. The van der Waals surface area contributed by atoms with Crippen LogP contribution < -0.4 is 0 Å². The molecule has 0 fully saturated rings. The molecule has 1 N–H and O–H groups in total. The van der Waals surface area contributed by atoms with E-state index in [0.717, 1.165) is 0 Å². The fourth-order valence-corrected chi connectivity index (χ4v) is 0.885. The van der Waals surface area contributed by atoms with Gasteiger partial charge in [-0.2, -0.15) is 0 Å². The van der Waals surface area contributed by atoms with Gasteiger partial charge in [0, 0.05) is 20.7 Å². The van der Waals surface area contributed by atoms with Crippen LogP contribution in [0.5, 0.6) is 0 Å². The first-order valence-corrected chi connectivity index (χ1v) is 4.49. The smallest absolute Gasteiger partial charge is 0.224 e. The van der Waals surface area contributed by atoms with Gasteiger partial charge in [0.25, 0.3) is 0 Å². The van der Waals surface area contributed by atoms with E-state index in [2.05, 4.69) is 0 Å². The highest BCUT2D eigenvalue weighted by atomic mass is 16.5. The quantitative estimate of drug-likeness (QED) is 0.651. The Balaban J connectivity index is 3.57. The summed E-state index contributed by atoms with van der Waals surface area (Å²) in [6.45, 7) is 2.77. The van der Waals surface area contributed by atoms with Gasteiger partial charge in [0.2, 0.25) is 5.91 Å². The van der Waals surface area contributed by atoms with Crippen molar-refractivity contribution >= 4 is 5.91 Å². The molecule has 0 aliphatic rings. The number of aliphatic hydroxyl groups is 1. The van der Waals surface area contributed by atoms with Crippen LogP contribution in [0, 0.1) is 0 Å². The van der Waals surface area contributed by atoms with Crippen LogP contribution in [-0.2, 0) is 9.53 Å². The fourth-order valence-electron chi connectivity index (χ4n) is 0.885. The number of methoxy groups -OCH3 is 1. The highest BCUT2D eigenvalue weighted by Crippen LogP contribution is 1.96. The van der Waals surface area contributed by atoms with Crippen LogP contribution >= 0.6 is 0 Å². The Morgan fingerprint density at radius 1 is 1.62 bits per heavy atom. The average molecular weight is 189 g/mol. The van der Waals surface area contributed by atoms with E-state index < -0.39 is 0 Å². The Hall–Kier alpha value is -0.610. The number of carbonyl (C=O) groups excluding carboxylic acids is 1. The molecule has 78 valence electrons. The summed E-state index contributed by atoms with van der Waals surface area (Å²) in [5.41, 5.74) is 0. The summed E-state index contributed by atoms with van der Waals surface area (Å²) < 4.78 is 4.79. The zero-order valence-electron chi connectivity index (χ0n) is 8.62. The van der Waals surface area contributed by atoms with Crippen LogP contribution in [-0.4, -0.2) is 49.3 Å². The zero-order chi connectivity index (χ0) is 10.3. The number of rotatable bonds is 6. The minimum absolute atomic E-state index is 0.0579. The number of hydrogen-bond donors (Lipinski definition) is 1. The first kappa shape index (κ1) is 12.4. The van der Waals surface area contributed by atoms with Crippen LogP contribution in [0.25, 0.3) is 0 Å². The van der Waals surface area contributed by atoms with Gasteiger partial charge in [-0.15, -0.1) is 0 Å². The molecule has 1 unspecified atom stereocenters. The Labute approximate surface area is 79.5 Å². The van der Waals surface area contributed by atoms with Crippen LogP contribution in [0.1, 0.15) is 19.8 Å². The lowest BCUT2D eigenvalue weighted by Crippen LogP contribution is -2.29. The minimum Gasteiger partial charge on any atom is -0.393 e. The minimum atomic E-state index is -0.349. The van der Waals surface area contributed by atoms with Crippen LogP contribution in [0.4, 0.5) is 0 Å². The maximum Gasteiger partial charge on any atom is 0.224 e. The van der Waals surface area contributed by atoms with E-state index >= 15 is 0 Å². The number of amides is 1. The summed E-state index contributed by atoms with van der Waals surface area (Å²) in [7, 11) is 3.31. The lowest BCUT2D eigenvalue weighted by molar-refractivity contribution is -0.131. The van der Waals surface area contributed by atoms with E-state index in [1.807, 2.05) is 0 Å². The molecule has 0 aromatic rings. The Bertz CT molecular complexity index is 148. The lowest BCUT2D eigenvalue weighted by atomic mass is 10.2. The van der Waals surface area contributed by atoms with Gasteiger partial charge in [0.1, 0.15) is 0 Å². The normalized spacial score (nSPS) is 12.6. The molecule has 0 aliphatic heterocycles. The fraction of sp³-hybridized carbons (Fsp3) is 0.889. The molecule has 4 nitrogen and oxygen atoms in total. The second-order valence-electron chi connectivity index (χ2n) is 3.20. The summed E-state index contributed by atoms with van der Waals surface area (Å²) in [6.07, 6.45) is 0.680. The first-order chi connectivity index (χ1) is 6.07. The van der Waals surface area contributed by atoms with Gasteiger partial charge in [0.15, 0.2) is 0 Å². The molecule has 0 heterocycles. The SMILES string of the molecule is COCCC(=O)N(C)CCC(C)O. The van der Waals surface area contributed by atoms with Crippen LogP contribution in [0.2, 0.25) is 0 Å². The Morgan fingerprint density at radius 2 is 2.23 bits per heavy atom. The van der Waals surface area contributed by atoms with Crippen molar-refractivity contribution in [2.24, 2.45) is 0 Å². The third kappa shape index (κ3) is 6.54. The molecule has 0 radical (unpaired) electrons. The molecule has 13 heavy (non-hydrogen) atoms. The van der Waals surface area contributed by atoms with Gasteiger partial charge in [-0.3, -0.25) is 4.79 Å². The van der Waals surface area contributed by atoms with Gasteiger partial charge in [-0.25, -0.2) is 0 Å². The highest BCUT2D eigenvalue weighted by molar-refractivity contribution is 5.75. The monoisotopic (exact) mass is 189 g/mol. The van der Waals surface area contributed by atoms with Gasteiger partial charge >= 0.3 is 0 Å². The summed E-state index contributed by atoms with van der Waals surface area (Å²) in [4.78, 5) is 12.9. The van der Waals surface area contributed by atoms with E-state index in [9.17, 15) is 4.79 Å². The van der Waals surface area contributed by atoms with E-state index in [1.54, 1.807) is 26.0 Å². The number of nitrogens with zero attached hydrogens (tertiary/aromatic N) is 1. The average Bonchev–Trinajstić information content (AvgIpc) is 2.10. The highest BCUT2D eigenvalue weighted by Gasteiger charge is 2.08. The molecule has 0 spiro atoms. The van der Waals surface area contributed by atoms with E-state index in [0.29, 0.717) is 26.0 Å². The molecule has 1 atom stereocenters. The second-order valence-corrected chi connectivity index (χ2v) is 3.20. The molecular formula is C9H19NO3. The standard InChI is InChI=1S/C9H19NO3/c1-8(11)4-6-10(2)9(12)5-7-13-3/h8,11H,4-7H2,1-3H3. The predicted octanol–water partition coefficient (Wildman–Crippen LogP) is 0.252. The van der Waals surface area contributed by atoms with E-state index in [-0.39, 0.29) is 12.0 Å². The summed E-state index contributed by atoms with van der Waals surface area (Å²) in [5.74, 6) is 0.0579. The lowest BCUT2D eigenvalue weighted by Gasteiger charge is -2.17. The third-order valence-corrected chi connectivity index (χ3v) is 1.83. The second kappa shape index (κ2) is 6.86. The van der Waals surface area contributed by atoms with Crippen LogP contribution in [0.3, 0.4) is 0 Å². The number of ether oxygens (including phenoxy) is 1. The van der Waals surface area contributed by atoms with Crippen molar-refractivity contribution in [1.82, 2.24) is 4.90 Å². The molecule has 0 aliphatic carbocycles. The largest absolute Gasteiger partial charge is 0.393 e. The van der Waals surface area contributed by atoms with Crippen molar-refractivity contribution in [3.05, 3.63) is 0 Å². The molecule has 0 saturated carbocycles. The van der Waals surface area contributed by atoms with Gasteiger partial charge in [-0.1, -0.05) is 0 Å². The van der Waals surface area contributed by atoms with Crippen molar-refractivity contribution in [2.75, 3.05) is 27.3 Å². The summed E-state index contributed by atoms with van der Waals surface area (Å²) in [5, 5.41) is 9.00. The molecule has 0 saturated heterocycles. The number of carbonyl (C=O) groups is 1. The van der Waals surface area contributed by atoms with Crippen molar-refractivity contribution in [3.63, 3.8) is 0 Å². The molecule has 1 amide bonds. The zero-order valence-corrected chi connectivity index (χ0v) is 8.62. The van der Waals surface area contributed by atoms with Gasteiger partial charge < -0.3 is 14.7 Å². The summed E-state index contributed by atoms with van der Waals surface area (Å²) in [6, 6.07) is 0. The molecule has 4 heteroatoms. The van der Waals surface area contributed by atoms with Gasteiger partial charge in [0.05, 0.1) is 19.1 Å². The van der Waals surface area contributed by atoms with E-state index in [4.69, 9.17) is 9.84 Å². The molecule has 0 aromatic heterocycles. The van der Waals surface area contributed by atoms with E-state index in [1.165, 1.54) is 0 Å². The number of aliphatic hydroxyl groups excluding tert-OH is 1. The molecule has 0 aromatic carbocycles. The van der Waals surface area contributed by atoms with Crippen molar-refractivity contribution < 1.29 is 14.6 Å².